The molecule has 0 saturated heterocycles. The number of nitro benzene ring substituents is 1. The predicted molar refractivity (Wildman–Crippen MR) is 113 cm³/mol. The first-order valence-electron chi connectivity index (χ1n) is 9.07. The van der Waals surface area contributed by atoms with Crippen molar-refractivity contribution in [2.75, 3.05) is 0 Å². The lowest BCUT2D eigenvalue weighted by molar-refractivity contribution is -0.384. The van der Waals surface area contributed by atoms with Crippen molar-refractivity contribution in [3.05, 3.63) is 93.7 Å². The molecule has 0 aliphatic heterocycles. The van der Waals surface area contributed by atoms with E-state index < -0.39 is 4.92 Å². The number of rotatable bonds is 3. The van der Waals surface area contributed by atoms with Crippen LogP contribution >= 0.6 is 0 Å². The van der Waals surface area contributed by atoms with Crippen molar-refractivity contribution in [2.45, 2.75) is 0 Å². The normalized spacial score (nSPS) is 13.7. The fourth-order valence-corrected chi connectivity index (χ4v) is 3.39. The van der Waals surface area contributed by atoms with Gasteiger partial charge in [0, 0.05) is 28.8 Å². The smallest absolute Gasteiger partial charge is 0.270 e. The van der Waals surface area contributed by atoms with Crippen molar-refractivity contribution in [3.8, 4) is 17.0 Å². The van der Waals surface area contributed by atoms with Crippen LogP contribution in [0, 0.1) is 10.1 Å². The van der Waals surface area contributed by atoms with E-state index in [1.165, 1.54) is 24.4 Å². The SMILES string of the molecule is O=[N+]([O-])c1ccc(O)c(/C=N\N=C2/c3ccccc3-c3nc4ccccc4nc32)c1. The molecule has 0 bridgehead atoms. The fourth-order valence-electron chi connectivity index (χ4n) is 3.39. The molecular weight excluding hydrogens is 382 g/mol. The quantitative estimate of drug-likeness (QED) is 0.281. The third-order valence-corrected chi connectivity index (χ3v) is 4.81. The summed E-state index contributed by atoms with van der Waals surface area (Å²) in [4.78, 5) is 19.9. The van der Waals surface area contributed by atoms with Crippen LogP contribution in [0.4, 0.5) is 5.69 Å². The average molecular weight is 395 g/mol. The highest BCUT2D eigenvalue weighted by molar-refractivity contribution is 6.23. The number of phenols is 1. The van der Waals surface area contributed by atoms with Crippen molar-refractivity contribution in [1.82, 2.24) is 9.97 Å². The Kier molecular flexibility index (Phi) is 4.03. The van der Waals surface area contributed by atoms with E-state index in [0.29, 0.717) is 11.4 Å². The maximum atomic E-state index is 11.0. The zero-order valence-corrected chi connectivity index (χ0v) is 15.4. The van der Waals surface area contributed by atoms with E-state index in [2.05, 4.69) is 10.2 Å². The fraction of sp³-hybridized carbons (Fsp3) is 0. The second-order valence-corrected chi connectivity index (χ2v) is 6.65. The Bertz CT molecular complexity index is 1390. The highest BCUT2D eigenvalue weighted by Gasteiger charge is 2.28. The molecular formula is C22H13N5O3. The molecule has 0 saturated carbocycles. The van der Waals surface area contributed by atoms with Gasteiger partial charge in [-0.2, -0.15) is 5.10 Å². The number of phenolic OH excluding ortho intramolecular Hbond substituents is 1. The summed E-state index contributed by atoms with van der Waals surface area (Å²) in [5, 5.41) is 29.3. The van der Waals surface area contributed by atoms with Gasteiger partial charge in [0.15, 0.2) is 0 Å². The summed E-state index contributed by atoms with van der Waals surface area (Å²) >= 11 is 0. The molecule has 5 rings (SSSR count). The van der Waals surface area contributed by atoms with Gasteiger partial charge in [0.2, 0.25) is 0 Å². The number of fused-ring (bicyclic) bond motifs is 4. The lowest BCUT2D eigenvalue weighted by atomic mass is 10.1. The zero-order chi connectivity index (χ0) is 20.7. The first-order chi connectivity index (χ1) is 14.6. The van der Waals surface area contributed by atoms with Crippen LogP contribution in [0.3, 0.4) is 0 Å². The molecule has 144 valence electrons. The molecule has 1 aliphatic rings. The summed E-state index contributed by atoms with van der Waals surface area (Å²) in [6.07, 6.45) is 1.28. The third kappa shape index (κ3) is 2.87. The van der Waals surface area contributed by atoms with Gasteiger partial charge >= 0.3 is 0 Å². The summed E-state index contributed by atoms with van der Waals surface area (Å²) in [5.41, 5.74) is 5.27. The van der Waals surface area contributed by atoms with Crippen LogP contribution in [-0.4, -0.2) is 31.9 Å². The summed E-state index contributed by atoms with van der Waals surface area (Å²) < 4.78 is 0. The van der Waals surface area contributed by atoms with Gasteiger partial charge in [-0.05, 0) is 18.2 Å². The summed E-state index contributed by atoms with van der Waals surface area (Å²) in [6.45, 7) is 0. The van der Waals surface area contributed by atoms with Crippen LogP contribution in [0.5, 0.6) is 5.75 Å². The number of para-hydroxylation sites is 2. The maximum Gasteiger partial charge on any atom is 0.270 e. The number of benzene rings is 3. The number of nitro groups is 1. The van der Waals surface area contributed by atoms with Gasteiger partial charge in [0.25, 0.3) is 5.69 Å². The summed E-state index contributed by atoms with van der Waals surface area (Å²) in [6, 6.07) is 19.0. The standard InChI is InChI=1S/C22H13N5O3/c28-19-10-9-14(27(29)30)11-13(19)12-23-26-21-16-6-2-1-5-15(16)20-22(21)25-18-8-4-3-7-17(18)24-20/h1-12,28H/b23-12-,26-21+. The maximum absolute atomic E-state index is 11.0. The van der Waals surface area contributed by atoms with E-state index in [9.17, 15) is 15.2 Å². The minimum atomic E-state index is -0.535. The van der Waals surface area contributed by atoms with Crippen LogP contribution < -0.4 is 0 Å². The Morgan fingerprint density at radius 2 is 1.57 bits per heavy atom. The number of aromatic nitrogens is 2. The van der Waals surface area contributed by atoms with E-state index in [-0.39, 0.29) is 17.0 Å². The van der Waals surface area contributed by atoms with Crippen LogP contribution in [-0.2, 0) is 0 Å². The Hall–Kier alpha value is -4.46. The van der Waals surface area contributed by atoms with Gasteiger partial charge in [-0.15, -0.1) is 5.10 Å². The van der Waals surface area contributed by atoms with Gasteiger partial charge < -0.3 is 5.11 Å². The minimum Gasteiger partial charge on any atom is -0.507 e. The van der Waals surface area contributed by atoms with Crippen molar-refractivity contribution in [3.63, 3.8) is 0 Å². The minimum absolute atomic E-state index is 0.123. The van der Waals surface area contributed by atoms with E-state index in [1.807, 2.05) is 48.5 Å². The van der Waals surface area contributed by atoms with E-state index >= 15 is 0 Å². The van der Waals surface area contributed by atoms with Crippen molar-refractivity contribution < 1.29 is 10.0 Å². The Labute approximate surface area is 170 Å². The molecule has 0 amide bonds. The van der Waals surface area contributed by atoms with Crippen LogP contribution in [0.1, 0.15) is 16.8 Å². The van der Waals surface area contributed by atoms with Gasteiger partial charge in [0.05, 0.1) is 27.9 Å². The van der Waals surface area contributed by atoms with Crippen LogP contribution in [0.25, 0.3) is 22.3 Å². The number of hydrogen-bond donors (Lipinski definition) is 1. The van der Waals surface area contributed by atoms with Gasteiger partial charge in [-0.25, -0.2) is 9.97 Å². The molecule has 4 aromatic rings. The van der Waals surface area contributed by atoms with Crippen LogP contribution in [0.2, 0.25) is 0 Å². The Morgan fingerprint density at radius 1 is 0.900 bits per heavy atom. The first-order valence-corrected chi connectivity index (χ1v) is 9.07. The molecule has 30 heavy (non-hydrogen) atoms. The Balaban J connectivity index is 1.62. The molecule has 0 atom stereocenters. The van der Waals surface area contributed by atoms with Crippen molar-refractivity contribution in [2.24, 2.45) is 10.2 Å². The third-order valence-electron chi connectivity index (χ3n) is 4.81. The van der Waals surface area contributed by atoms with Crippen molar-refractivity contribution in [1.29, 1.82) is 0 Å². The highest BCUT2D eigenvalue weighted by Crippen LogP contribution is 2.35. The van der Waals surface area contributed by atoms with Gasteiger partial charge in [0.1, 0.15) is 17.2 Å². The number of hydrogen-bond acceptors (Lipinski definition) is 7. The lowest BCUT2D eigenvalue weighted by Crippen LogP contribution is -2.01. The molecule has 3 aromatic carbocycles. The summed E-state index contributed by atoms with van der Waals surface area (Å²) in [7, 11) is 0. The second kappa shape index (κ2) is 6.85. The van der Waals surface area contributed by atoms with Crippen molar-refractivity contribution >= 4 is 28.6 Å². The molecule has 1 heterocycles. The number of aromatic hydroxyl groups is 1. The number of non-ortho nitro benzene ring substituents is 1. The largest absolute Gasteiger partial charge is 0.507 e. The Morgan fingerprint density at radius 3 is 2.30 bits per heavy atom. The molecule has 8 heteroatoms. The molecule has 0 unspecified atom stereocenters. The van der Waals surface area contributed by atoms with Crippen LogP contribution in [0.15, 0.2) is 76.9 Å². The molecule has 0 spiro atoms. The topological polar surface area (TPSA) is 114 Å². The average Bonchev–Trinajstić information content (AvgIpc) is 3.06. The molecule has 8 nitrogen and oxygen atoms in total. The van der Waals surface area contributed by atoms with E-state index in [1.54, 1.807) is 0 Å². The van der Waals surface area contributed by atoms with E-state index in [4.69, 9.17) is 9.97 Å². The molecule has 1 aromatic heterocycles. The lowest BCUT2D eigenvalue weighted by Gasteiger charge is -2.02. The molecule has 1 N–H and O–H groups in total. The molecule has 0 fully saturated rings. The van der Waals surface area contributed by atoms with Gasteiger partial charge in [-0.1, -0.05) is 36.4 Å². The zero-order valence-electron chi connectivity index (χ0n) is 15.4. The highest BCUT2D eigenvalue weighted by atomic mass is 16.6. The summed E-state index contributed by atoms with van der Waals surface area (Å²) in [5.74, 6) is -0.123. The second-order valence-electron chi connectivity index (χ2n) is 6.65. The first kappa shape index (κ1) is 17.6. The monoisotopic (exact) mass is 395 g/mol. The molecule has 0 radical (unpaired) electrons. The molecule has 1 aliphatic carbocycles. The van der Waals surface area contributed by atoms with Gasteiger partial charge in [-0.3, -0.25) is 10.1 Å². The van der Waals surface area contributed by atoms with E-state index in [0.717, 1.165) is 27.9 Å². The number of nitrogens with zero attached hydrogens (tertiary/aromatic N) is 5. The predicted octanol–water partition coefficient (Wildman–Crippen LogP) is 4.10.